The second kappa shape index (κ2) is 6.33. The van der Waals surface area contributed by atoms with Crippen LogP contribution in [-0.2, 0) is 4.79 Å². The summed E-state index contributed by atoms with van der Waals surface area (Å²) in [6.45, 7) is 0.0390. The van der Waals surface area contributed by atoms with Crippen LogP contribution in [0.3, 0.4) is 0 Å². The van der Waals surface area contributed by atoms with Crippen LogP contribution >= 0.6 is 0 Å². The number of aliphatic hydroxyl groups is 2. The Kier molecular flexibility index (Phi) is 5.36. The van der Waals surface area contributed by atoms with Gasteiger partial charge >= 0.3 is 5.97 Å². The molecule has 0 aliphatic heterocycles. The van der Waals surface area contributed by atoms with E-state index in [1.165, 1.54) is 0 Å². The van der Waals surface area contributed by atoms with E-state index >= 15 is 0 Å². The minimum Gasteiger partial charge on any atom is -0.481 e. The SMILES string of the molecule is CN(CC(O)CO)C1(CC(=O)O)CCCCC1. The third kappa shape index (κ3) is 3.94. The lowest BCUT2D eigenvalue weighted by Crippen LogP contribution is -2.52. The first kappa shape index (κ1) is 14.4. The van der Waals surface area contributed by atoms with E-state index in [0.717, 1.165) is 32.1 Å². The van der Waals surface area contributed by atoms with Gasteiger partial charge in [-0.2, -0.15) is 0 Å². The first-order valence-electron chi connectivity index (χ1n) is 6.22. The number of β-amino-alcohol motifs (C(OH)–C–C–N with tert-alkyl or cyclic N) is 1. The smallest absolute Gasteiger partial charge is 0.305 e. The Morgan fingerprint density at radius 2 is 1.94 bits per heavy atom. The van der Waals surface area contributed by atoms with Crippen LogP contribution < -0.4 is 0 Å². The van der Waals surface area contributed by atoms with Crippen molar-refractivity contribution < 1.29 is 20.1 Å². The van der Waals surface area contributed by atoms with Gasteiger partial charge in [0.2, 0.25) is 0 Å². The van der Waals surface area contributed by atoms with Crippen LogP contribution in [0.1, 0.15) is 38.5 Å². The van der Waals surface area contributed by atoms with Crippen molar-refractivity contribution in [2.75, 3.05) is 20.2 Å². The van der Waals surface area contributed by atoms with Gasteiger partial charge < -0.3 is 15.3 Å². The van der Waals surface area contributed by atoms with Gasteiger partial charge in [0, 0.05) is 12.1 Å². The fraction of sp³-hybridized carbons (Fsp3) is 0.917. The van der Waals surface area contributed by atoms with Crippen molar-refractivity contribution in [2.45, 2.75) is 50.2 Å². The van der Waals surface area contributed by atoms with Crippen molar-refractivity contribution in [3.05, 3.63) is 0 Å². The molecule has 0 aromatic rings. The minimum absolute atomic E-state index is 0.113. The highest BCUT2D eigenvalue weighted by Gasteiger charge is 2.38. The molecule has 1 fully saturated rings. The molecule has 0 amide bonds. The summed E-state index contributed by atoms with van der Waals surface area (Å²) in [4.78, 5) is 12.9. The summed E-state index contributed by atoms with van der Waals surface area (Å²) in [5.41, 5.74) is -0.347. The number of likely N-dealkylation sites (N-methyl/N-ethyl adjacent to an activating group) is 1. The maximum atomic E-state index is 11.0. The highest BCUT2D eigenvalue weighted by molar-refractivity contribution is 5.68. The number of carboxylic acids is 1. The fourth-order valence-corrected chi connectivity index (χ4v) is 2.75. The minimum atomic E-state index is -0.799. The maximum Gasteiger partial charge on any atom is 0.305 e. The molecule has 1 rings (SSSR count). The van der Waals surface area contributed by atoms with Crippen molar-refractivity contribution in [3.63, 3.8) is 0 Å². The Hall–Kier alpha value is -0.650. The third-order valence-electron chi connectivity index (χ3n) is 3.77. The number of carboxylic acid groups (broad SMARTS) is 1. The van der Waals surface area contributed by atoms with Gasteiger partial charge in [0.15, 0.2) is 0 Å². The molecule has 0 heterocycles. The van der Waals surface area contributed by atoms with Crippen molar-refractivity contribution in [3.8, 4) is 0 Å². The molecule has 5 heteroatoms. The second-order valence-corrected chi connectivity index (χ2v) is 5.07. The van der Waals surface area contributed by atoms with E-state index in [1.54, 1.807) is 0 Å². The average molecular weight is 245 g/mol. The van der Waals surface area contributed by atoms with E-state index < -0.39 is 12.1 Å². The molecule has 0 saturated heterocycles. The molecule has 3 N–H and O–H groups in total. The zero-order valence-electron chi connectivity index (χ0n) is 10.4. The van der Waals surface area contributed by atoms with Crippen LogP contribution in [0.4, 0.5) is 0 Å². The van der Waals surface area contributed by atoms with Crippen LogP contribution in [0, 0.1) is 0 Å². The molecule has 0 aromatic carbocycles. The number of nitrogens with zero attached hydrogens (tertiary/aromatic N) is 1. The first-order valence-corrected chi connectivity index (χ1v) is 6.22. The Bertz CT molecular complexity index is 251. The molecule has 1 unspecified atom stereocenters. The van der Waals surface area contributed by atoms with E-state index in [-0.39, 0.29) is 18.6 Å². The molecular weight excluding hydrogens is 222 g/mol. The highest BCUT2D eigenvalue weighted by atomic mass is 16.4. The van der Waals surface area contributed by atoms with Crippen molar-refractivity contribution >= 4 is 5.97 Å². The lowest BCUT2D eigenvalue weighted by atomic mass is 9.78. The van der Waals surface area contributed by atoms with Crippen molar-refractivity contribution in [2.24, 2.45) is 0 Å². The summed E-state index contributed by atoms with van der Waals surface area (Å²) in [6.07, 6.45) is 4.24. The maximum absolute atomic E-state index is 11.0. The van der Waals surface area contributed by atoms with Crippen molar-refractivity contribution in [1.82, 2.24) is 4.90 Å². The molecule has 0 spiro atoms. The number of hydrogen-bond donors (Lipinski definition) is 3. The van der Waals surface area contributed by atoms with E-state index in [1.807, 2.05) is 11.9 Å². The van der Waals surface area contributed by atoms with Gasteiger partial charge in [0.1, 0.15) is 0 Å². The molecular formula is C12H23NO4. The number of aliphatic hydroxyl groups excluding tert-OH is 2. The zero-order valence-corrected chi connectivity index (χ0v) is 10.4. The van der Waals surface area contributed by atoms with Gasteiger partial charge in [-0.1, -0.05) is 19.3 Å². The largest absolute Gasteiger partial charge is 0.481 e. The van der Waals surface area contributed by atoms with Crippen molar-refractivity contribution in [1.29, 1.82) is 0 Å². The van der Waals surface area contributed by atoms with E-state index in [2.05, 4.69) is 0 Å². The molecule has 17 heavy (non-hydrogen) atoms. The zero-order chi connectivity index (χ0) is 12.9. The molecule has 1 aliphatic rings. The third-order valence-corrected chi connectivity index (χ3v) is 3.77. The number of hydrogen-bond acceptors (Lipinski definition) is 4. The number of rotatable bonds is 6. The highest BCUT2D eigenvalue weighted by Crippen LogP contribution is 2.35. The lowest BCUT2D eigenvalue weighted by Gasteiger charge is -2.44. The van der Waals surface area contributed by atoms with Crippen LogP contribution in [0.2, 0.25) is 0 Å². The predicted octanol–water partition coefficient (Wildman–Crippen LogP) is 0.449. The molecule has 0 radical (unpaired) electrons. The Labute approximate surface area is 102 Å². The van der Waals surface area contributed by atoms with Gasteiger partial charge in [0.05, 0.1) is 19.1 Å². The van der Waals surface area contributed by atoms with Gasteiger partial charge in [-0.3, -0.25) is 9.69 Å². The monoisotopic (exact) mass is 245 g/mol. The average Bonchev–Trinajstić information content (AvgIpc) is 2.29. The summed E-state index contributed by atoms with van der Waals surface area (Å²) < 4.78 is 0. The van der Waals surface area contributed by atoms with Gasteiger partial charge in [-0.15, -0.1) is 0 Å². The van der Waals surface area contributed by atoms with Gasteiger partial charge in [0.25, 0.3) is 0 Å². The van der Waals surface area contributed by atoms with Crippen LogP contribution in [-0.4, -0.2) is 58.0 Å². The van der Waals surface area contributed by atoms with Crippen LogP contribution in [0.15, 0.2) is 0 Å². The van der Waals surface area contributed by atoms with E-state index in [9.17, 15) is 9.90 Å². The standard InChI is InChI=1S/C12H23NO4/c1-13(8-10(15)9-14)12(7-11(16)17)5-3-2-4-6-12/h10,14-15H,2-9H2,1H3,(H,16,17). The quantitative estimate of drug-likeness (QED) is 0.633. The molecule has 100 valence electrons. The topological polar surface area (TPSA) is 81.0 Å². The molecule has 0 aromatic heterocycles. The lowest BCUT2D eigenvalue weighted by molar-refractivity contribution is -0.141. The molecule has 1 atom stereocenters. The fourth-order valence-electron chi connectivity index (χ4n) is 2.75. The summed E-state index contributed by atoms with van der Waals surface area (Å²) in [5.74, 6) is -0.794. The number of carbonyl (C=O) groups is 1. The second-order valence-electron chi connectivity index (χ2n) is 5.07. The van der Waals surface area contributed by atoms with E-state index in [4.69, 9.17) is 10.2 Å². The predicted molar refractivity (Wildman–Crippen MR) is 63.8 cm³/mol. The summed E-state index contributed by atoms with van der Waals surface area (Å²) >= 11 is 0. The molecule has 0 bridgehead atoms. The molecule has 1 aliphatic carbocycles. The Morgan fingerprint density at radius 1 is 1.35 bits per heavy atom. The van der Waals surface area contributed by atoms with Gasteiger partial charge in [-0.05, 0) is 19.9 Å². The first-order chi connectivity index (χ1) is 8.00. The summed E-state index contributed by atoms with van der Waals surface area (Å²) in [7, 11) is 1.84. The molecule has 1 saturated carbocycles. The normalized spacial score (nSPS) is 21.4. The summed E-state index contributed by atoms with van der Waals surface area (Å²) in [6, 6.07) is 0. The number of aliphatic carboxylic acids is 1. The van der Waals surface area contributed by atoms with E-state index in [0.29, 0.717) is 6.54 Å². The molecule has 5 nitrogen and oxygen atoms in total. The van der Waals surface area contributed by atoms with Gasteiger partial charge in [-0.25, -0.2) is 0 Å². The van der Waals surface area contributed by atoms with Crippen LogP contribution in [0.25, 0.3) is 0 Å². The Balaban J connectivity index is 2.70. The summed E-state index contributed by atoms with van der Waals surface area (Å²) in [5, 5.41) is 27.4. The Morgan fingerprint density at radius 3 is 2.41 bits per heavy atom. The van der Waals surface area contributed by atoms with Crippen LogP contribution in [0.5, 0.6) is 0 Å².